The van der Waals surface area contributed by atoms with E-state index in [1.807, 2.05) is 73.7 Å². The minimum atomic E-state index is -0.972. The van der Waals surface area contributed by atoms with Crippen molar-refractivity contribution in [1.82, 2.24) is 9.97 Å². The van der Waals surface area contributed by atoms with Crippen molar-refractivity contribution in [3.63, 3.8) is 0 Å². The zero-order valence-electron chi connectivity index (χ0n) is 19.7. The number of hydrogen-bond acceptors (Lipinski definition) is 5. The van der Waals surface area contributed by atoms with Crippen LogP contribution < -0.4 is 5.32 Å². The number of aromatic nitrogens is 2. The molecule has 1 unspecified atom stereocenters. The third-order valence-electron chi connectivity index (χ3n) is 5.67. The first kappa shape index (κ1) is 23.2. The van der Waals surface area contributed by atoms with Gasteiger partial charge in [-0.15, -0.1) is 0 Å². The van der Waals surface area contributed by atoms with Crippen LogP contribution in [-0.2, 0) is 17.6 Å². The summed E-state index contributed by atoms with van der Waals surface area (Å²) in [5.41, 5.74) is 4.49. The highest BCUT2D eigenvalue weighted by Gasteiger charge is 2.23. The first-order chi connectivity index (χ1) is 16.4. The lowest BCUT2D eigenvalue weighted by Gasteiger charge is -2.17. The lowest BCUT2D eigenvalue weighted by atomic mass is 10.1. The molecule has 2 N–H and O–H groups in total. The lowest BCUT2D eigenvalue weighted by Crippen LogP contribution is -2.32. The maximum atomic E-state index is 12.1. The summed E-state index contributed by atoms with van der Waals surface area (Å²) in [5, 5.41) is 13.1. The van der Waals surface area contributed by atoms with Crippen LogP contribution in [0.15, 0.2) is 77.3 Å². The van der Waals surface area contributed by atoms with Gasteiger partial charge in [-0.25, -0.2) is 14.8 Å². The zero-order chi connectivity index (χ0) is 24.1. The molecule has 34 heavy (non-hydrogen) atoms. The highest BCUT2D eigenvalue weighted by molar-refractivity contribution is 5.77. The number of aliphatic carboxylic acids is 1. The molecule has 0 amide bonds. The molecule has 6 heteroatoms. The Labute approximate surface area is 199 Å². The van der Waals surface area contributed by atoms with Gasteiger partial charge in [0.1, 0.15) is 23.4 Å². The second-order valence-corrected chi connectivity index (χ2v) is 8.73. The third-order valence-corrected chi connectivity index (χ3v) is 5.67. The van der Waals surface area contributed by atoms with Crippen molar-refractivity contribution in [3.8, 4) is 11.3 Å². The standard InChI is InChI=1S/C28H29N3O3/c1-18(2)26-19(3)14-22(34-26)16-24(28(32)33)31-27-23(15-20-10-6-4-7-11-20)30-25(17-29-27)21-12-8-5-9-13-21/h4-14,17-18,24H,15-16H2,1-3H3,(H,29,31)(H,32,33). The van der Waals surface area contributed by atoms with E-state index in [0.717, 1.165) is 28.1 Å². The Morgan fingerprint density at radius 3 is 2.35 bits per heavy atom. The molecule has 0 saturated heterocycles. The summed E-state index contributed by atoms with van der Waals surface area (Å²) in [6, 6.07) is 20.8. The molecule has 2 heterocycles. The Balaban J connectivity index is 1.65. The van der Waals surface area contributed by atoms with E-state index in [-0.39, 0.29) is 12.3 Å². The molecular formula is C28H29N3O3. The Morgan fingerprint density at radius 2 is 1.74 bits per heavy atom. The van der Waals surface area contributed by atoms with Crippen LogP contribution in [0.25, 0.3) is 11.3 Å². The number of carboxylic acid groups (broad SMARTS) is 1. The summed E-state index contributed by atoms with van der Waals surface area (Å²) in [5.74, 6) is 1.25. The topological polar surface area (TPSA) is 88.2 Å². The van der Waals surface area contributed by atoms with Crippen LogP contribution in [0.1, 0.15) is 48.1 Å². The number of benzene rings is 2. The Bertz CT molecular complexity index is 1250. The molecule has 0 aliphatic heterocycles. The first-order valence-corrected chi connectivity index (χ1v) is 11.4. The lowest BCUT2D eigenvalue weighted by molar-refractivity contribution is -0.138. The second kappa shape index (κ2) is 10.3. The molecule has 0 saturated carbocycles. The molecule has 0 aliphatic carbocycles. The van der Waals surface area contributed by atoms with E-state index in [9.17, 15) is 9.90 Å². The highest BCUT2D eigenvalue weighted by Crippen LogP contribution is 2.26. The van der Waals surface area contributed by atoms with Crippen molar-refractivity contribution in [2.75, 3.05) is 5.32 Å². The van der Waals surface area contributed by atoms with Gasteiger partial charge >= 0.3 is 5.97 Å². The first-order valence-electron chi connectivity index (χ1n) is 11.4. The van der Waals surface area contributed by atoms with Crippen LogP contribution in [0.3, 0.4) is 0 Å². The Morgan fingerprint density at radius 1 is 1.06 bits per heavy atom. The van der Waals surface area contributed by atoms with Crippen molar-refractivity contribution in [1.29, 1.82) is 0 Å². The van der Waals surface area contributed by atoms with E-state index in [1.165, 1.54) is 0 Å². The molecule has 6 nitrogen and oxygen atoms in total. The maximum Gasteiger partial charge on any atom is 0.326 e. The van der Waals surface area contributed by atoms with E-state index in [2.05, 4.69) is 24.1 Å². The predicted molar refractivity (Wildman–Crippen MR) is 133 cm³/mol. The van der Waals surface area contributed by atoms with Crippen molar-refractivity contribution in [2.24, 2.45) is 0 Å². The number of nitrogens with one attached hydrogen (secondary N) is 1. The maximum absolute atomic E-state index is 12.1. The summed E-state index contributed by atoms with van der Waals surface area (Å²) < 4.78 is 5.96. The molecule has 0 fully saturated rings. The monoisotopic (exact) mass is 455 g/mol. The van der Waals surface area contributed by atoms with Gasteiger partial charge in [-0.3, -0.25) is 0 Å². The van der Waals surface area contributed by atoms with Gasteiger partial charge in [0.25, 0.3) is 0 Å². The van der Waals surface area contributed by atoms with Gasteiger partial charge in [0.05, 0.1) is 17.6 Å². The van der Waals surface area contributed by atoms with Crippen LogP contribution in [0.4, 0.5) is 5.82 Å². The summed E-state index contributed by atoms with van der Waals surface area (Å²) in [4.78, 5) is 21.6. The van der Waals surface area contributed by atoms with E-state index in [0.29, 0.717) is 23.7 Å². The molecule has 1 atom stereocenters. The van der Waals surface area contributed by atoms with Gasteiger partial charge in [-0.05, 0) is 24.1 Å². The van der Waals surface area contributed by atoms with Crippen molar-refractivity contribution in [2.45, 2.75) is 45.6 Å². The SMILES string of the molecule is Cc1cc(CC(Nc2ncc(-c3ccccc3)nc2Cc2ccccc2)C(=O)O)oc1C(C)C. The molecule has 174 valence electrons. The Hall–Kier alpha value is -3.93. The highest BCUT2D eigenvalue weighted by atomic mass is 16.4. The molecule has 2 aromatic heterocycles. The van der Waals surface area contributed by atoms with Gasteiger partial charge in [-0.2, -0.15) is 0 Å². The van der Waals surface area contributed by atoms with Gasteiger partial charge in [0.2, 0.25) is 0 Å². The molecule has 0 spiro atoms. The number of aryl methyl sites for hydroxylation is 1. The average Bonchev–Trinajstić information content (AvgIpc) is 3.21. The molecule has 0 bridgehead atoms. The van der Waals surface area contributed by atoms with Crippen molar-refractivity contribution in [3.05, 3.63) is 101 Å². The van der Waals surface area contributed by atoms with E-state index < -0.39 is 12.0 Å². The summed E-state index contributed by atoms with van der Waals surface area (Å²) in [7, 11) is 0. The molecule has 0 radical (unpaired) electrons. The molecular weight excluding hydrogens is 426 g/mol. The van der Waals surface area contributed by atoms with Gasteiger partial charge in [-0.1, -0.05) is 74.5 Å². The number of hydrogen-bond donors (Lipinski definition) is 2. The van der Waals surface area contributed by atoms with Crippen LogP contribution in [0, 0.1) is 6.92 Å². The van der Waals surface area contributed by atoms with Gasteiger partial charge in [0, 0.05) is 24.3 Å². The summed E-state index contributed by atoms with van der Waals surface area (Å²) in [6.45, 7) is 6.10. The van der Waals surface area contributed by atoms with Crippen LogP contribution >= 0.6 is 0 Å². The minimum Gasteiger partial charge on any atom is -0.480 e. The molecule has 4 rings (SSSR count). The second-order valence-electron chi connectivity index (χ2n) is 8.73. The third kappa shape index (κ3) is 5.52. The average molecular weight is 456 g/mol. The van der Waals surface area contributed by atoms with Crippen LogP contribution in [0.5, 0.6) is 0 Å². The summed E-state index contributed by atoms with van der Waals surface area (Å²) in [6.07, 6.45) is 2.41. The van der Waals surface area contributed by atoms with Crippen molar-refractivity contribution >= 4 is 11.8 Å². The number of anilines is 1. The Kier molecular flexibility index (Phi) is 7.07. The smallest absolute Gasteiger partial charge is 0.326 e. The van der Waals surface area contributed by atoms with E-state index in [4.69, 9.17) is 9.40 Å². The van der Waals surface area contributed by atoms with Crippen LogP contribution in [-0.4, -0.2) is 27.1 Å². The number of carbonyl (C=O) groups is 1. The number of carboxylic acids is 1. The fraction of sp³-hybridized carbons (Fsp3) is 0.250. The normalized spacial score (nSPS) is 12.0. The van der Waals surface area contributed by atoms with E-state index in [1.54, 1.807) is 6.20 Å². The minimum absolute atomic E-state index is 0.204. The quantitative estimate of drug-likeness (QED) is 0.328. The van der Waals surface area contributed by atoms with Gasteiger partial charge < -0.3 is 14.8 Å². The number of nitrogens with zero attached hydrogens (tertiary/aromatic N) is 2. The number of rotatable bonds is 9. The predicted octanol–water partition coefficient (Wildman–Crippen LogP) is 5.87. The summed E-state index contributed by atoms with van der Waals surface area (Å²) >= 11 is 0. The molecule has 0 aliphatic rings. The van der Waals surface area contributed by atoms with Crippen molar-refractivity contribution < 1.29 is 14.3 Å². The largest absolute Gasteiger partial charge is 0.480 e. The van der Waals surface area contributed by atoms with E-state index >= 15 is 0 Å². The fourth-order valence-corrected chi connectivity index (χ4v) is 4.01. The number of furan rings is 1. The van der Waals surface area contributed by atoms with Gasteiger partial charge in [0.15, 0.2) is 0 Å². The molecule has 2 aromatic carbocycles. The zero-order valence-corrected chi connectivity index (χ0v) is 19.7. The fourth-order valence-electron chi connectivity index (χ4n) is 4.01. The van der Waals surface area contributed by atoms with Crippen LogP contribution in [0.2, 0.25) is 0 Å². The molecule has 4 aromatic rings.